The molecule has 0 bridgehead atoms. The van der Waals surface area contributed by atoms with E-state index in [9.17, 15) is 23.4 Å². The first-order valence-corrected chi connectivity index (χ1v) is 9.24. The molecule has 0 aromatic rings. The highest BCUT2D eigenvalue weighted by atomic mass is 32.2. The van der Waals surface area contributed by atoms with E-state index < -0.39 is 10.8 Å². The number of thioether (sulfide) groups is 2. The zero-order valence-electron chi connectivity index (χ0n) is 10.4. The van der Waals surface area contributed by atoms with E-state index in [1.165, 1.54) is 0 Å². The van der Waals surface area contributed by atoms with Crippen molar-refractivity contribution in [3.05, 3.63) is 0 Å². The third-order valence-electron chi connectivity index (χ3n) is 2.77. The SMILES string of the molecule is O=C1CSC(=O)N1CCS(=O)CCN1C(=O)CSC1=O. The van der Waals surface area contributed by atoms with Crippen molar-refractivity contribution in [1.29, 1.82) is 0 Å². The lowest BCUT2D eigenvalue weighted by atomic mass is 10.5. The average molecular weight is 336 g/mol. The molecule has 0 unspecified atom stereocenters. The molecule has 2 rings (SSSR count). The van der Waals surface area contributed by atoms with Crippen molar-refractivity contribution in [3.8, 4) is 0 Å². The molecule has 0 N–H and O–H groups in total. The molecule has 0 atom stereocenters. The molecular formula is C10H12N2O5S3. The highest BCUT2D eigenvalue weighted by Gasteiger charge is 2.31. The number of nitrogens with zero attached hydrogens (tertiary/aromatic N) is 2. The topological polar surface area (TPSA) is 91.8 Å². The molecule has 7 nitrogen and oxygen atoms in total. The molecule has 2 saturated heterocycles. The molecule has 0 radical (unpaired) electrons. The van der Waals surface area contributed by atoms with Crippen LogP contribution in [0.2, 0.25) is 0 Å². The largest absolute Gasteiger partial charge is 0.288 e. The van der Waals surface area contributed by atoms with Crippen LogP contribution in [0.3, 0.4) is 0 Å². The van der Waals surface area contributed by atoms with Gasteiger partial charge in [0.05, 0.1) is 11.5 Å². The normalized spacial score (nSPS) is 19.9. The second-order valence-electron chi connectivity index (χ2n) is 4.05. The summed E-state index contributed by atoms with van der Waals surface area (Å²) in [5.41, 5.74) is 0. The molecule has 20 heavy (non-hydrogen) atoms. The molecule has 0 spiro atoms. The number of rotatable bonds is 6. The second kappa shape index (κ2) is 6.72. The summed E-state index contributed by atoms with van der Waals surface area (Å²) >= 11 is 1.88. The monoisotopic (exact) mass is 336 g/mol. The Kier molecular flexibility index (Phi) is 5.22. The molecule has 2 aliphatic rings. The average Bonchev–Trinajstić information content (AvgIpc) is 2.89. The van der Waals surface area contributed by atoms with Crippen molar-refractivity contribution in [3.63, 3.8) is 0 Å². The lowest BCUT2D eigenvalue weighted by Gasteiger charge is -2.14. The van der Waals surface area contributed by atoms with Gasteiger partial charge in [0.2, 0.25) is 11.8 Å². The Balaban J connectivity index is 1.73. The first-order chi connectivity index (χ1) is 9.49. The van der Waals surface area contributed by atoms with E-state index >= 15 is 0 Å². The number of amides is 4. The summed E-state index contributed by atoms with van der Waals surface area (Å²) in [6, 6.07) is 0. The minimum absolute atomic E-state index is 0.119. The lowest BCUT2D eigenvalue weighted by Crippen LogP contribution is -2.35. The van der Waals surface area contributed by atoms with Crippen molar-refractivity contribution in [1.82, 2.24) is 9.80 Å². The highest BCUT2D eigenvalue weighted by molar-refractivity contribution is 8.15. The van der Waals surface area contributed by atoms with Gasteiger partial charge in [0.25, 0.3) is 10.5 Å². The summed E-state index contributed by atoms with van der Waals surface area (Å²) in [5.74, 6) is 0.0819. The van der Waals surface area contributed by atoms with E-state index in [0.29, 0.717) is 0 Å². The van der Waals surface area contributed by atoms with Crippen LogP contribution in [-0.4, -0.2) is 72.4 Å². The number of hydrogen-bond acceptors (Lipinski definition) is 7. The highest BCUT2D eigenvalue weighted by Crippen LogP contribution is 2.19. The standard InChI is InChI=1S/C10H12N2O5S3/c13-7-5-18-9(15)11(7)1-3-20(17)4-2-12-8(14)6-19-10(12)16/h1-6H2. The second-order valence-corrected chi connectivity index (χ2v) is 7.60. The van der Waals surface area contributed by atoms with Gasteiger partial charge in [-0.2, -0.15) is 0 Å². The molecule has 2 fully saturated rings. The van der Waals surface area contributed by atoms with Crippen LogP contribution in [0.25, 0.3) is 0 Å². The maximum atomic E-state index is 11.8. The van der Waals surface area contributed by atoms with Crippen molar-refractivity contribution in [2.75, 3.05) is 36.1 Å². The molecule has 0 aromatic heterocycles. The first kappa shape index (κ1) is 15.5. The van der Waals surface area contributed by atoms with Crippen LogP contribution >= 0.6 is 23.5 Å². The zero-order valence-corrected chi connectivity index (χ0v) is 12.9. The summed E-state index contributed by atoms with van der Waals surface area (Å²) in [5, 5.41) is -0.624. The fraction of sp³-hybridized carbons (Fsp3) is 0.600. The minimum Gasteiger partial charge on any atom is -0.273 e. The van der Waals surface area contributed by atoms with E-state index in [2.05, 4.69) is 0 Å². The van der Waals surface area contributed by atoms with Gasteiger partial charge in [0.15, 0.2) is 0 Å². The van der Waals surface area contributed by atoms with Crippen molar-refractivity contribution < 1.29 is 23.4 Å². The van der Waals surface area contributed by atoms with E-state index in [1.807, 2.05) is 0 Å². The Hall–Kier alpha value is -0.870. The molecule has 0 aromatic carbocycles. The van der Waals surface area contributed by atoms with Gasteiger partial charge in [-0.15, -0.1) is 0 Å². The van der Waals surface area contributed by atoms with Crippen LogP contribution in [0.1, 0.15) is 0 Å². The van der Waals surface area contributed by atoms with Gasteiger partial charge in [0, 0.05) is 35.4 Å². The van der Waals surface area contributed by atoms with E-state index in [4.69, 9.17) is 0 Å². The Labute approximate surface area is 126 Å². The van der Waals surface area contributed by atoms with Crippen LogP contribution in [0.15, 0.2) is 0 Å². The van der Waals surface area contributed by atoms with E-state index in [-0.39, 0.29) is 58.4 Å². The Bertz CT molecular complexity index is 421. The van der Waals surface area contributed by atoms with Gasteiger partial charge in [-0.05, 0) is 0 Å². The van der Waals surface area contributed by atoms with Gasteiger partial charge in [0.1, 0.15) is 0 Å². The fourth-order valence-electron chi connectivity index (χ4n) is 1.68. The molecule has 10 heteroatoms. The number of hydrogen-bond donors (Lipinski definition) is 0. The Morgan fingerprint density at radius 1 is 0.850 bits per heavy atom. The predicted octanol–water partition coefficient (Wildman–Crippen LogP) is 0.126. The van der Waals surface area contributed by atoms with Crippen molar-refractivity contribution in [2.45, 2.75) is 0 Å². The van der Waals surface area contributed by atoms with E-state index in [1.54, 1.807) is 0 Å². The maximum Gasteiger partial charge on any atom is 0.288 e. The summed E-state index contributed by atoms with van der Waals surface area (Å²) in [4.78, 5) is 47.5. The molecule has 2 heterocycles. The first-order valence-electron chi connectivity index (χ1n) is 5.78. The quantitative estimate of drug-likeness (QED) is 0.680. The van der Waals surface area contributed by atoms with Gasteiger partial charge in [-0.3, -0.25) is 33.2 Å². The van der Waals surface area contributed by atoms with Crippen LogP contribution in [0.4, 0.5) is 9.59 Å². The van der Waals surface area contributed by atoms with Gasteiger partial charge in [-0.25, -0.2) is 0 Å². The molecule has 0 aliphatic carbocycles. The zero-order chi connectivity index (χ0) is 14.7. The van der Waals surface area contributed by atoms with Gasteiger partial charge >= 0.3 is 0 Å². The summed E-state index contributed by atoms with van der Waals surface area (Å²) in [7, 11) is -1.28. The third-order valence-corrected chi connectivity index (χ3v) is 5.76. The van der Waals surface area contributed by atoms with Crippen LogP contribution in [-0.2, 0) is 20.4 Å². The van der Waals surface area contributed by atoms with E-state index in [0.717, 1.165) is 33.3 Å². The molecule has 110 valence electrons. The molecular weight excluding hydrogens is 324 g/mol. The Morgan fingerprint density at radius 2 is 1.25 bits per heavy atom. The van der Waals surface area contributed by atoms with Gasteiger partial charge in [-0.1, -0.05) is 23.5 Å². The fourth-order valence-corrected chi connectivity index (χ4v) is 4.16. The third kappa shape index (κ3) is 3.61. The number of imide groups is 2. The summed E-state index contributed by atoms with van der Waals surface area (Å²) in [6.07, 6.45) is 0. The maximum absolute atomic E-state index is 11.8. The van der Waals surface area contributed by atoms with Crippen molar-refractivity contribution >= 4 is 56.6 Å². The summed E-state index contributed by atoms with van der Waals surface area (Å²) in [6.45, 7) is 0.238. The van der Waals surface area contributed by atoms with Crippen LogP contribution in [0.5, 0.6) is 0 Å². The number of carbonyl (C=O) groups excluding carboxylic acids is 4. The van der Waals surface area contributed by atoms with Crippen molar-refractivity contribution in [2.24, 2.45) is 0 Å². The molecule has 4 amide bonds. The Morgan fingerprint density at radius 3 is 1.55 bits per heavy atom. The van der Waals surface area contributed by atoms with Gasteiger partial charge < -0.3 is 0 Å². The smallest absolute Gasteiger partial charge is 0.273 e. The predicted molar refractivity (Wildman–Crippen MR) is 77.0 cm³/mol. The van der Waals surface area contributed by atoms with Crippen LogP contribution in [0, 0.1) is 0 Å². The van der Waals surface area contributed by atoms with Crippen LogP contribution < -0.4 is 0 Å². The summed E-state index contributed by atoms with van der Waals surface area (Å²) < 4.78 is 11.8. The number of carbonyl (C=O) groups is 4. The minimum atomic E-state index is -1.28. The molecule has 2 aliphatic heterocycles. The molecule has 0 saturated carbocycles. The lowest BCUT2D eigenvalue weighted by molar-refractivity contribution is -0.125.